The fraction of sp³-hybridized carbons (Fsp3) is 0.316. The Labute approximate surface area is 164 Å². The van der Waals surface area contributed by atoms with Gasteiger partial charge in [-0.25, -0.2) is 13.1 Å². The fourth-order valence-corrected chi connectivity index (χ4v) is 4.67. The molecule has 0 saturated heterocycles. The lowest BCUT2D eigenvalue weighted by molar-refractivity contribution is -0.116. The molecule has 0 fully saturated rings. The van der Waals surface area contributed by atoms with E-state index in [1.807, 2.05) is 19.1 Å². The number of hydrogen-bond acceptors (Lipinski definition) is 4. The molecular formula is C19H23ClN2O4S. The second-order valence-electron chi connectivity index (χ2n) is 6.27. The first-order valence-corrected chi connectivity index (χ1v) is 10.2. The number of aryl methyl sites for hydroxylation is 3. The van der Waals surface area contributed by atoms with Gasteiger partial charge >= 0.3 is 0 Å². The maximum absolute atomic E-state index is 12.6. The molecule has 6 nitrogen and oxygen atoms in total. The lowest BCUT2D eigenvalue weighted by Gasteiger charge is -2.13. The molecular weight excluding hydrogens is 388 g/mol. The van der Waals surface area contributed by atoms with Crippen LogP contribution in [0.5, 0.6) is 5.75 Å². The second kappa shape index (κ2) is 8.73. The van der Waals surface area contributed by atoms with Gasteiger partial charge in [-0.05, 0) is 50.1 Å². The van der Waals surface area contributed by atoms with Gasteiger partial charge in [-0.2, -0.15) is 0 Å². The molecule has 146 valence electrons. The van der Waals surface area contributed by atoms with Crippen molar-refractivity contribution in [2.24, 2.45) is 0 Å². The van der Waals surface area contributed by atoms with Crippen LogP contribution in [0.1, 0.15) is 23.1 Å². The molecule has 0 unspecified atom stereocenters. The van der Waals surface area contributed by atoms with Crippen molar-refractivity contribution in [2.45, 2.75) is 32.1 Å². The number of methoxy groups -OCH3 is 1. The molecule has 2 aromatic carbocycles. The summed E-state index contributed by atoms with van der Waals surface area (Å²) in [6.07, 6.45) is -0.00711. The number of ether oxygens (including phenoxy) is 1. The van der Waals surface area contributed by atoms with Crippen molar-refractivity contribution < 1.29 is 17.9 Å². The Morgan fingerprint density at radius 3 is 2.30 bits per heavy atom. The van der Waals surface area contributed by atoms with Crippen molar-refractivity contribution in [1.29, 1.82) is 0 Å². The molecule has 2 aromatic rings. The molecule has 0 aliphatic heterocycles. The molecule has 0 bridgehead atoms. The van der Waals surface area contributed by atoms with Gasteiger partial charge in [0.25, 0.3) is 0 Å². The molecule has 0 aliphatic carbocycles. The SMILES string of the molecule is COc1ccc(NC(=O)CCNS(=O)(=O)c2c(C)cc(C)cc2C)cc1Cl. The lowest BCUT2D eigenvalue weighted by atomic mass is 10.1. The van der Waals surface area contributed by atoms with Crippen LogP contribution in [0.15, 0.2) is 35.2 Å². The van der Waals surface area contributed by atoms with E-state index in [9.17, 15) is 13.2 Å². The summed E-state index contributed by atoms with van der Waals surface area (Å²) >= 11 is 6.02. The Bertz CT molecular complexity index is 935. The van der Waals surface area contributed by atoms with Crippen LogP contribution in [-0.4, -0.2) is 28.0 Å². The summed E-state index contributed by atoms with van der Waals surface area (Å²) in [5.41, 5.74) is 2.87. The molecule has 2 rings (SSSR count). The summed E-state index contributed by atoms with van der Waals surface area (Å²) in [6.45, 7) is 5.42. The molecule has 0 heterocycles. The van der Waals surface area contributed by atoms with Gasteiger partial charge in [0.15, 0.2) is 0 Å². The normalized spacial score (nSPS) is 11.3. The molecule has 0 saturated carbocycles. The summed E-state index contributed by atoms with van der Waals surface area (Å²) in [5, 5.41) is 3.05. The number of carbonyl (C=O) groups excluding carboxylic acids is 1. The number of halogens is 1. The average Bonchev–Trinajstić information content (AvgIpc) is 2.53. The lowest BCUT2D eigenvalue weighted by Crippen LogP contribution is -2.29. The third-order valence-corrected chi connectivity index (χ3v) is 6.01. The first kappa shape index (κ1) is 21.2. The molecule has 0 atom stereocenters. The summed E-state index contributed by atoms with van der Waals surface area (Å²) < 4.78 is 32.7. The van der Waals surface area contributed by atoms with Gasteiger partial charge in [0.1, 0.15) is 5.75 Å². The number of anilines is 1. The predicted octanol–water partition coefficient (Wildman–Crippen LogP) is 3.58. The Balaban J connectivity index is 1.97. The number of carbonyl (C=O) groups is 1. The smallest absolute Gasteiger partial charge is 0.241 e. The minimum Gasteiger partial charge on any atom is -0.495 e. The zero-order valence-corrected chi connectivity index (χ0v) is 17.3. The fourth-order valence-electron chi connectivity index (χ4n) is 2.93. The van der Waals surface area contributed by atoms with Crippen molar-refractivity contribution in [3.8, 4) is 5.75 Å². The van der Waals surface area contributed by atoms with E-state index in [2.05, 4.69) is 10.0 Å². The number of amides is 1. The monoisotopic (exact) mass is 410 g/mol. The first-order chi connectivity index (χ1) is 12.6. The third kappa shape index (κ3) is 5.45. The van der Waals surface area contributed by atoms with Gasteiger partial charge in [0, 0.05) is 18.7 Å². The molecule has 27 heavy (non-hydrogen) atoms. The summed E-state index contributed by atoms with van der Waals surface area (Å²) in [7, 11) is -2.19. The second-order valence-corrected chi connectivity index (χ2v) is 8.38. The number of hydrogen-bond donors (Lipinski definition) is 2. The Morgan fingerprint density at radius 1 is 1.11 bits per heavy atom. The van der Waals surface area contributed by atoms with Crippen LogP contribution >= 0.6 is 11.6 Å². The molecule has 0 aliphatic rings. The highest BCUT2D eigenvalue weighted by atomic mass is 35.5. The minimum atomic E-state index is -3.69. The maximum Gasteiger partial charge on any atom is 0.241 e. The highest BCUT2D eigenvalue weighted by molar-refractivity contribution is 7.89. The third-order valence-electron chi connectivity index (χ3n) is 3.95. The van der Waals surface area contributed by atoms with E-state index < -0.39 is 10.0 Å². The van der Waals surface area contributed by atoms with Gasteiger partial charge in [-0.1, -0.05) is 29.3 Å². The first-order valence-electron chi connectivity index (χ1n) is 8.35. The molecule has 0 radical (unpaired) electrons. The van der Waals surface area contributed by atoms with Crippen molar-refractivity contribution in [3.05, 3.63) is 52.0 Å². The van der Waals surface area contributed by atoms with E-state index in [1.165, 1.54) is 7.11 Å². The predicted molar refractivity (Wildman–Crippen MR) is 107 cm³/mol. The number of nitrogens with one attached hydrogen (secondary N) is 2. The summed E-state index contributed by atoms with van der Waals surface area (Å²) in [5.74, 6) is 0.183. The Kier molecular flexibility index (Phi) is 6.86. The van der Waals surface area contributed by atoms with Crippen LogP contribution < -0.4 is 14.8 Å². The largest absolute Gasteiger partial charge is 0.495 e. The zero-order chi connectivity index (χ0) is 20.2. The van der Waals surface area contributed by atoms with E-state index in [0.29, 0.717) is 27.6 Å². The number of benzene rings is 2. The van der Waals surface area contributed by atoms with Crippen molar-refractivity contribution >= 4 is 33.2 Å². The van der Waals surface area contributed by atoms with Crippen LogP contribution in [0.2, 0.25) is 5.02 Å². The van der Waals surface area contributed by atoms with Crippen LogP contribution in [0.25, 0.3) is 0 Å². The van der Waals surface area contributed by atoms with E-state index in [-0.39, 0.29) is 23.8 Å². The quantitative estimate of drug-likeness (QED) is 0.730. The van der Waals surface area contributed by atoms with Crippen molar-refractivity contribution in [1.82, 2.24) is 4.72 Å². The molecule has 8 heteroatoms. The van der Waals surface area contributed by atoms with Crippen LogP contribution in [-0.2, 0) is 14.8 Å². The molecule has 1 amide bonds. The number of rotatable bonds is 7. The summed E-state index contributed by atoms with van der Waals surface area (Å²) in [6, 6.07) is 8.51. The van der Waals surface area contributed by atoms with E-state index >= 15 is 0 Å². The highest BCUT2D eigenvalue weighted by Crippen LogP contribution is 2.27. The van der Waals surface area contributed by atoms with Crippen LogP contribution in [0, 0.1) is 20.8 Å². The van der Waals surface area contributed by atoms with Gasteiger partial charge in [0.2, 0.25) is 15.9 Å². The van der Waals surface area contributed by atoms with Gasteiger partial charge in [-0.3, -0.25) is 4.79 Å². The molecule has 0 spiro atoms. The Hall–Kier alpha value is -2.09. The average molecular weight is 411 g/mol. The van der Waals surface area contributed by atoms with E-state index in [4.69, 9.17) is 16.3 Å². The molecule has 0 aromatic heterocycles. The minimum absolute atomic E-state index is 0.00711. The topological polar surface area (TPSA) is 84.5 Å². The van der Waals surface area contributed by atoms with E-state index in [0.717, 1.165) is 5.56 Å². The zero-order valence-electron chi connectivity index (χ0n) is 15.7. The van der Waals surface area contributed by atoms with Gasteiger partial charge in [-0.15, -0.1) is 0 Å². The number of sulfonamides is 1. The standard InChI is InChI=1S/C19H23ClN2O4S/c1-12-9-13(2)19(14(3)10-12)27(24,25)21-8-7-18(23)22-15-5-6-17(26-4)16(20)11-15/h5-6,9-11,21H,7-8H2,1-4H3,(H,22,23). The summed E-state index contributed by atoms with van der Waals surface area (Å²) in [4.78, 5) is 12.3. The maximum atomic E-state index is 12.6. The molecule has 2 N–H and O–H groups in total. The van der Waals surface area contributed by atoms with Crippen molar-refractivity contribution in [2.75, 3.05) is 19.0 Å². The van der Waals surface area contributed by atoms with Crippen LogP contribution in [0.3, 0.4) is 0 Å². The Morgan fingerprint density at radius 2 is 1.74 bits per heavy atom. The van der Waals surface area contributed by atoms with Gasteiger partial charge in [0.05, 0.1) is 17.0 Å². The van der Waals surface area contributed by atoms with Gasteiger partial charge < -0.3 is 10.1 Å². The van der Waals surface area contributed by atoms with Crippen molar-refractivity contribution in [3.63, 3.8) is 0 Å². The highest BCUT2D eigenvalue weighted by Gasteiger charge is 2.19. The van der Waals surface area contributed by atoms with E-state index in [1.54, 1.807) is 32.0 Å². The van der Waals surface area contributed by atoms with Crippen LogP contribution in [0.4, 0.5) is 5.69 Å².